The van der Waals surface area contributed by atoms with Crippen LogP contribution in [0.2, 0.25) is 0 Å². The van der Waals surface area contributed by atoms with Crippen LogP contribution in [0.1, 0.15) is 45.8 Å². The largest absolute Gasteiger partial charge is 0.453 e. The van der Waals surface area contributed by atoms with Crippen LogP contribution in [0.4, 0.5) is 0 Å². The van der Waals surface area contributed by atoms with Gasteiger partial charge < -0.3 is 9.47 Å². The first-order valence-electron chi connectivity index (χ1n) is 6.23. The molecule has 0 saturated heterocycles. The SMILES string of the molecule is C.C=CC(OC(=O)CC)c1ccc(OC(=O)CC)cc1. The number of ether oxygens (including phenoxy) is 2. The van der Waals surface area contributed by atoms with E-state index in [1.54, 1.807) is 44.2 Å². The van der Waals surface area contributed by atoms with Crippen molar-refractivity contribution in [1.29, 1.82) is 0 Å². The van der Waals surface area contributed by atoms with E-state index in [0.29, 0.717) is 18.6 Å². The molecule has 0 fully saturated rings. The van der Waals surface area contributed by atoms with Gasteiger partial charge in [-0.1, -0.05) is 40.0 Å². The number of benzene rings is 1. The summed E-state index contributed by atoms with van der Waals surface area (Å²) >= 11 is 0. The van der Waals surface area contributed by atoms with Gasteiger partial charge in [-0.3, -0.25) is 9.59 Å². The molecule has 0 amide bonds. The third kappa shape index (κ3) is 5.26. The van der Waals surface area contributed by atoms with Crippen LogP contribution in [0.5, 0.6) is 5.75 Å². The van der Waals surface area contributed by atoms with E-state index >= 15 is 0 Å². The van der Waals surface area contributed by atoms with E-state index in [0.717, 1.165) is 5.56 Å². The first kappa shape index (κ1) is 17.9. The molecule has 110 valence electrons. The molecule has 1 unspecified atom stereocenters. The predicted molar refractivity (Wildman–Crippen MR) is 78.4 cm³/mol. The van der Waals surface area contributed by atoms with Crippen molar-refractivity contribution in [1.82, 2.24) is 0 Å². The van der Waals surface area contributed by atoms with E-state index in [4.69, 9.17) is 9.47 Å². The Morgan fingerprint density at radius 1 is 1.15 bits per heavy atom. The number of carbonyl (C=O) groups excluding carboxylic acids is 2. The normalized spacial score (nSPS) is 10.9. The minimum absolute atomic E-state index is 0. The molecule has 0 N–H and O–H groups in total. The summed E-state index contributed by atoms with van der Waals surface area (Å²) in [5.41, 5.74) is 0.785. The molecule has 0 aromatic heterocycles. The number of hydrogen-bond acceptors (Lipinski definition) is 4. The van der Waals surface area contributed by atoms with Crippen molar-refractivity contribution >= 4 is 11.9 Å². The first-order chi connectivity index (χ1) is 9.10. The lowest BCUT2D eigenvalue weighted by atomic mass is 10.1. The Morgan fingerprint density at radius 2 is 1.70 bits per heavy atom. The molecular weight excluding hydrogens is 256 g/mol. The fraction of sp³-hybridized carbons (Fsp3) is 0.375. The molecule has 1 aromatic carbocycles. The quantitative estimate of drug-likeness (QED) is 0.451. The maximum atomic E-state index is 11.3. The Hall–Kier alpha value is -2.10. The summed E-state index contributed by atoms with van der Waals surface area (Å²) in [5, 5.41) is 0. The van der Waals surface area contributed by atoms with Crippen LogP contribution in [0.25, 0.3) is 0 Å². The molecule has 0 spiro atoms. The summed E-state index contributed by atoms with van der Waals surface area (Å²) in [6.45, 7) is 7.11. The van der Waals surface area contributed by atoms with Crippen molar-refractivity contribution in [2.75, 3.05) is 0 Å². The summed E-state index contributed by atoms with van der Waals surface area (Å²) in [6.07, 6.45) is 1.71. The Bertz CT molecular complexity index is 448. The van der Waals surface area contributed by atoms with E-state index in [1.807, 2.05) is 0 Å². The molecule has 1 rings (SSSR count). The van der Waals surface area contributed by atoms with Crippen molar-refractivity contribution in [3.63, 3.8) is 0 Å². The summed E-state index contributed by atoms with van der Waals surface area (Å²) in [6, 6.07) is 6.82. The molecule has 20 heavy (non-hydrogen) atoms. The molecule has 1 atom stereocenters. The van der Waals surface area contributed by atoms with E-state index < -0.39 is 6.10 Å². The van der Waals surface area contributed by atoms with Crippen LogP contribution >= 0.6 is 0 Å². The summed E-state index contributed by atoms with van der Waals surface area (Å²) in [5.74, 6) is -0.1000. The lowest BCUT2D eigenvalue weighted by molar-refractivity contribution is -0.146. The van der Waals surface area contributed by atoms with Crippen molar-refractivity contribution in [2.45, 2.75) is 40.2 Å². The minimum atomic E-state index is -0.483. The fourth-order valence-electron chi connectivity index (χ4n) is 1.41. The van der Waals surface area contributed by atoms with Crippen LogP contribution in [-0.4, -0.2) is 11.9 Å². The smallest absolute Gasteiger partial charge is 0.310 e. The van der Waals surface area contributed by atoms with E-state index in [1.165, 1.54) is 0 Å². The molecule has 4 heteroatoms. The molecule has 0 radical (unpaired) electrons. The molecule has 0 bridgehead atoms. The zero-order chi connectivity index (χ0) is 14.3. The second kappa shape index (κ2) is 8.91. The highest BCUT2D eigenvalue weighted by Crippen LogP contribution is 2.22. The van der Waals surface area contributed by atoms with Gasteiger partial charge in [0.05, 0.1) is 0 Å². The molecule has 0 aliphatic heterocycles. The fourth-order valence-corrected chi connectivity index (χ4v) is 1.41. The maximum absolute atomic E-state index is 11.3. The monoisotopic (exact) mass is 278 g/mol. The molecule has 0 aliphatic rings. The van der Waals surface area contributed by atoms with Gasteiger partial charge in [-0.2, -0.15) is 0 Å². The van der Waals surface area contributed by atoms with Gasteiger partial charge in [-0.25, -0.2) is 0 Å². The average Bonchev–Trinajstić information content (AvgIpc) is 2.45. The predicted octanol–water partition coefficient (Wildman–Crippen LogP) is 3.82. The average molecular weight is 278 g/mol. The van der Waals surface area contributed by atoms with Crippen molar-refractivity contribution in [3.05, 3.63) is 42.5 Å². The first-order valence-corrected chi connectivity index (χ1v) is 6.23. The van der Waals surface area contributed by atoms with Crippen LogP contribution < -0.4 is 4.74 Å². The highest BCUT2D eigenvalue weighted by molar-refractivity contribution is 5.72. The third-order valence-corrected chi connectivity index (χ3v) is 2.49. The van der Waals surface area contributed by atoms with Crippen LogP contribution in [0.15, 0.2) is 36.9 Å². The van der Waals surface area contributed by atoms with Crippen molar-refractivity contribution in [2.24, 2.45) is 0 Å². The number of carbonyl (C=O) groups is 2. The lowest BCUT2D eigenvalue weighted by Crippen LogP contribution is -2.09. The van der Waals surface area contributed by atoms with Gasteiger partial charge in [0.25, 0.3) is 0 Å². The Morgan fingerprint density at radius 3 is 2.15 bits per heavy atom. The minimum Gasteiger partial charge on any atom is -0.453 e. The molecule has 0 saturated carbocycles. The molecule has 4 nitrogen and oxygen atoms in total. The van der Waals surface area contributed by atoms with E-state index in [2.05, 4.69) is 6.58 Å². The van der Waals surface area contributed by atoms with Gasteiger partial charge in [0.1, 0.15) is 11.9 Å². The Balaban J connectivity index is 0.00000361. The Labute approximate surface area is 120 Å². The lowest BCUT2D eigenvalue weighted by Gasteiger charge is -2.14. The summed E-state index contributed by atoms with van der Waals surface area (Å²) in [7, 11) is 0. The standard InChI is InChI=1S/C15H18O4.CH4/c1-4-13(19-15(17)6-3)11-7-9-12(10-8-11)18-14(16)5-2;/h4,7-10,13H,1,5-6H2,2-3H3;1H4. The van der Waals surface area contributed by atoms with Gasteiger partial charge in [0, 0.05) is 12.8 Å². The van der Waals surface area contributed by atoms with Gasteiger partial charge in [-0.05, 0) is 23.8 Å². The second-order valence-corrected chi connectivity index (χ2v) is 3.90. The Kier molecular flexibility index (Phi) is 7.97. The molecule has 0 aliphatic carbocycles. The van der Waals surface area contributed by atoms with E-state index in [-0.39, 0.29) is 19.4 Å². The van der Waals surface area contributed by atoms with Gasteiger partial charge in [-0.15, -0.1) is 0 Å². The molecular formula is C16H22O4. The summed E-state index contributed by atoms with van der Waals surface area (Å²) < 4.78 is 10.3. The van der Waals surface area contributed by atoms with E-state index in [9.17, 15) is 9.59 Å². The van der Waals surface area contributed by atoms with Crippen LogP contribution in [-0.2, 0) is 14.3 Å². The second-order valence-electron chi connectivity index (χ2n) is 3.90. The molecule has 1 aromatic rings. The third-order valence-electron chi connectivity index (χ3n) is 2.49. The van der Waals surface area contributed by atoms with Crippen molar-refractivity contribution in [3.8, 4) is 5.75 Å². The highest BCUT2D eigenvalue weighted by Gasteiger charge is 2.12. The number of esters is 2. The zero-order valence-electron chi connectivity index (χ0n) is 11.2. The summed E-state index contributed by atoms with van der Waals surface area (Å²) in [4.78, 5) is 22.4. The highest BCUT2D eigenvalue weighted by atomic mass is 16.5. The molecule has 0 heterocycles. The van der Waals surface area contributed by atoms with Gasteiger partial charge in [0.15, 0.2) is 0 Å². The van der Waals surface area contributed by atoms with Crippen LogP contribution in [0.3, 0.4) is 0 Å². The number of rotatable bonds is 6. The topological polar surface area (TPSA) is 52.6 Å². The van der Waals surface area contributed by atoms with Gasteiger partial charge >= 0.3 is 11.9 Å². The zero-order valence-corrected chi connectivity index (χ0v) is 11.2. The van der Waals surface area contributed by atoms with Gasteiger partial charge in [0.2, 0.25) is 0 Å². The van der Waals surface area contributed by atoms with Crippen LogP contribution in [0, 0.1) is 0 Å². The number of hydrogen-bond donors (Lipinski definition) is 0. The maximum Gasteiger partial charge on any atom is 0.310 e. The van der Waals surface area contributed by atoms with Crippen molar-refractivity contribution < 1.29 is 19.1 Å².